The van der Waals surface area contributed by atoms with Gasteiger partial charge in [-0.05, 0) is 0 Å². The van der Waals surface area contributed by atoms with E-state index in [4.69, 9.17) is 19.6 Å². The summed E-state index contributed by atoms with van der Waals surface area (Å²) in [4.78, 5) is 7.99. The summed E-state index contributed by atoms with van der Waals surface area (Å²) in [6.07, 6.45) is 2.04. The van der Waals surface area contributed by atoms with Crippen molar-refractivity contribution in [3.05, 3.63) is 11.9 Å². The highest BCUT2D eigenvalue weighted by Crippen LogP contribution is 2.29. The standard InChI is InChI=1S/C16H25N5O2S/c1-15(2,3)12-8-21-13(18-12)24-14(19-21)20-5-7-23-11-16(9-20)10-22-6-4-17-16/h8,17H,4-7,9-11H2,1-3H3. The second-order valence-electron chi connectivity index (χ2n) is 7.72. The molecular formula is C16H25N5O2S. The van der Waals surface area contributed by atoms with E-state index in [-0.39, 0.29) is 11.0 Å². The fourth-order valence-electron chi connectivity index (χ4n) is 3.18. The molecule has 2 aromatic rings. The van der Waals surface area contributed by atoms with E-state index in [0.717, 1.165) is 42.0 Å². The van der Waals surface area contributed by atoms with Crippen molar-refractivity contribution in [3.63, 3.8) is 0 Å². The Morgan fingerprint density at radius 2 is 2.04 bits per heavy atom. The molecule has 132 valence electrons. The number of hydrogen-bond acceptors (Lipinski definition) is 7. The molecule has 24 heavy (non-hydrogen) atoms. The van der Waals surface area contributed by atoms with Gasteiger partial charge in [0.2, 0.25) is 10.1 Å². The zero-order valence-corrected chi connectivity index (χ0v) is 15.4. The molecule has 0 bridgehead atoms. The van der Waals surface area contributed by atoms with Gasteiger partial charge in [-0.1, -0.05) is 32.1 Å². The van der Waals surface area contributed by atoms with Crippen LogP contribution in [-0.2, 0) is 14.9 Å². The molecular weight excluding hydrogens is 326 g/mol. The summed E-state index contributed by atoms with van der Waals surface area (Å²) in [6.45, 7) is 11.9. The molecule has 0 amide bonds. The molecule has 4 rings (SSSR count). The van der Waals surface area contributed by atoms with E-state index in [2.05, 4.69) is 31.0 Å². The molecule has 4 heterocycles. The SMILES string of the molecule is CC(C)(C)c1cn2nc(N3CCOCC4(COCCN4)C3)sc2n1. The van der Waals surface area contributed by atoms with Crippen LogP contribution < -0.4 is 10.2 Å². The van der Waals surface area contributed by atoms with Crippen LogP contribution >= 0.6 is 11.3 Å². The third-order valence-corrected chi connectivity index (χ3v) is 5.56. The summed E-state index contributed by atoms with van der Waals surface area (Å²) in [7, 11) is 0. The number of anilines is 1. The zero-order chi connectivity index (χ0) is 16.8. The summed E-state index contributed by atoms with van der Waals surface area (Å²) in [5.74, 6) is 0. The lowest BCUT2D eigenvalue weighted by Crippen LogP contribution is -2.62. The van der Waals surface area contributed by atoms with Crippen molar-refractivity contribution in [3.8, 4) is 0 Å². The van der Waals surface area contributed by atoms with Crippen LogP contribution in [0.3, 0.4) is 0 Å². The molecule has 0 radical (unpaired) electrons. The van der Waals surface area contributed by atoms with Gasteiger partial charge in [0.05, 0.1) is 43.9 Å². The second-order valence-corrected chi connectivity index (χ2v) is 8.66. The number of fused-ring (bicyclic) bond motifs is 1. The number of imidazole rings is 1. The Bertz CT molecular complexity index is 682. The number of nitrogens with zero attached hydrogens (tertiary/aromatic N) is 4. The van der Waals surface area contributed by atoms with Crippen molar-refractivity contribution < 1.29 is 9.47 Å². The molecule has 8 heteroatoms. The average Bonchev–Trinajstić information content (AvgIpc) is 3.04. The molecule has 1 atom stereocenters. The Morgan fingerprint density at radius 1 is 1.25 bits per heavy atom. The minimum absolute atomic E-state index is 0.0391. The van der Waals surface area contributed by atoms with Gasteiger partial charge in [-0.25, -0.2) is 9.50 Å². The summed E-state index contributed by atoms with van der Waals surface area (Å²) in [5.41, 5.74) is 0.974. The lowest BCUT2D eigenvalue weighted by atomic mass is 9.93. The number of rotatable bonds is 1. The number of morpholine rings is 1. The van der Waals surface area contributed by atoms with E-state index in [1.54, 1.807) is 11.3 Å². The lowest BCUT2D eigenvalue weighted by Gasteiger charge is -2.38. The molecule has 7 nitrogen and oxygen atoms in total. The molecule has 0 saturated carbocycles. The third kappa shape index (κ3) is 3.03. The number of ether oxygens (including phenoxy) is 2. The maximum atomic E-state index is 5.83. The van der Waals surface area contributed by atoms with Crippen molar-refractivity contribution in [1.82, 2.24) is 19.9 Å². The van der Waals surface area contributed by atoms with E-state index in [1.165, 1.54) is 0 Å². The molecule has 1 unspecified atom stereocenters. The highest BCUT2D eigenvalue weighted by Gasteiger charge is 2.37. The molecule has 1 spiro atoms. The van der Waals surface area contributed by atoms with Crippen LogP contribution in [0.2, 0.25) is 0 Å². The Morgan fingerprint density at radius 3 is 2.75 bits per heavy atom. The van der Waals surface area contributed by atoms with Crippen LogP contribution in [0.1, 0.15) is 26.5 Å². The molecule has 2 saturated heterocycles. The van der Waals surface area contributed by atoms with Crippen molar-refractivity contribution >= 4 is 21.4 Å². The summed E-state index contributed by atoms with van der Waals surface area (Å²) < 4.78 is 13.4. The summed E-state index contributed by atoms with van der Waals surface area (Å²) >= 11 is 1.64. The minimum Gasteiger partial charge on any atom is -0.378 e. The van der Waals surface area contributed by atoms with Gasteiger partial charge < -0.3 is 19.7 Å². The van der Waals surface area contributed by atoms with Gasteiger partial charge in [-0.15, -0.1) is 5.10 Å². The zero-order valence-electron chi connectivity index (χ0n) is 14.5. The maximum absolute atomic E-state index is 5.83. The molecule has 2 aliphatic heterocycles. The van der Waals surface area contributed by atoms with Crippen LogP contribution in [0, 0.1) is 0 Å². The minimum atomic E-state index is -0.140. The van der Waals surface area contributed by atoms with Gasteiger partial charge in [0, 0.05) is 25.0 Å². The first kappa shape index (κ1) is 16.3. The Hall–Kier alpha value is -1.22. The van der Waals surface area contributed by atoms with Crippen molar-refractivity contribution in [2.24, 2.45) is 0 Å². The maximum Gasteiger partial charge on any atom is 0.214 e. The summed E-state index contributed by atoms with van der Waals surface area (Å²) in [6, 6.07) is 0. The van der Waals surface area contributed by atoms with Gasteiger partial charge in [0.15, 0.2) is 0 Å². The lowest BCUT2D eigenvalue weighted by molar-refractivity contribution is -0.00960. The number of aromatic nitrogens is 3. The molecule has 2 aliphatic rings. The summed E-state index contributed by atoms with van der Waals surface area (Å²) in [5, 5.41) is 9.35. The first-order chi connectivity index (χ1) is 11.5. The van der Waals surface area contributed by atoms with Crippen molar-refractivity contribution in [2.75, 3.05) is 51.0 Å². The smallest absolute Gasteiger partial charge is 0.214 e. The van der Waals surface area contributed by atoms with Crippen LogP contribution in [-0.4, -0.2) is 66.2 Å². The second kappa shape index (κ2) is 5.94. The normalized spacial score (nSPS) is 26.2. The number of nitrogens with one attached hydrogen (secondary N) is 1. The first-order valence-corrected chi connectivity index (χ1v) is 9.29. The quantitative estimate of drug-likeness (QED) is 0.835. The highest BCUT2D eigenvalue weighted by atomic mass is 32.1. The van der Waals surface area contributed by atoms with Crippen molar-refractivity contribution in [1.29, 1.82) is 0 Å². The van der Waals surface area contributed by atoms with Crippen LogP contribution in [0.5, 0.6) is 0 Å². The van der Waals surface area contributed by atoms with Gasteiger partial charge in [0.1, 0.15) is 0 Å². The fourth-order valence-corrected chi connectivity index (χ4v) is 4.08. The van der Waals surface area contributed by atoms with E-state index < -0.39 is 0 Å². The van der Waals surface area contributed by atoms with Crippen molar-refractivity contribution in [2.45, 2.75) is 31.7 Å². The fraction of sp³-hybridized carbons (Fsp3) is 0.750. The number of hydrogen-bond donors (Lipinski definition) is 1. The predicted molar refractivity (Wildman–Crippen MR) is 94.1 cm³/mol. The van der Waals surface area contributed by atoms with E-state index in [1.807, 2.05) is 10.7 Å². The highest BCUT2D eigenvalue weighted by molar-refractivity contribution is 7.20. The Balaban J connectivity index is 1.59. The molecule has 0 aromatic carbocycles. The third-order valence-electron chi connectivity index (χ3n) is 4.57. The Kier molecular flexibility index (Phi) is 4.03. The first-order valence-electron chi connectivity index (χ1n) is 8.47. The molecule has 0 aliphatic carbocycles. The largest absolute Gasteiger partial charge is 0.378 e. The predicted octanol–water partition coefficient (Wildman–Crippen LogP) is 1.28. The molecule has 1 N–H and O–H groups in total. The van der Waals surface area contributed by atoms with E-state index in [9.17, 15) is 0 Å². The average molecular weight is 351 g/mol. The van der Waals surface area contributed by atoms with Gasteiger partial charge in [0.25, 0.3) is 0 Å². The van der Waals surface area contributed by atoms with Crippen LogP contribution in [0.4, 0.5) is 5.13 Å². The Labute approximate surface area is 146 Å². The van der Waals surface area contributed by atoms with Crippen LogP contribution in [0.15, 0.2) is 6.20 Å². The van der Waals surface area contributed by atoms with Gasteiger partial charge in [-0.2, -0.15) is 0 Å². The monoisotopic (exact) mass is 351 g/mol. The van der Waals surface area contributed by atoms with E-state index in [0.29, 0.717) is 19.8 Å². The topological polar surface area (TPSA) is 63.9 Å². The van der Waals surface area contributed by atoms with E-state index >= 15 is 0 Å². The molecule has 2 fully saturated rings. The van der Waals surface area contributed by atoms with Gasteiger partial charge >= 0.3 is 0 Å². The van der Waals surface area contributed by atoms with Crippen LogP contribution in [0.25, 0.3) is 4.96 Å². The molecule has 2 aromatic heterocycles. The van der Waals surface area contributed by atoms with Gasteiger partial charge in [-0.3, -0.25) is 0 Å².